The zero-order valence-corrected chi connectivity index (χ0v) is 13.4. The van der Waals surface area contributed by atoms with Crippen LogP contribution in [0.15, 0.2) is 24.8 Å². The van der Waals surface area contributed by atoms with Crippen LogP contribution in [0.1, 0.15) is 16.8 Å². The monoisotopic (exact) mass is 345 g/mol. The number of hydrogen-bond donors (Lipinski definition) is 0. The predicted octanol–water partition coefficient (Wildman–Crippen LogP) is 1.79. The second-order valence-electron chi connectivity index (χ2n) is 5.27. The zero-order chi connectivity index (χ0) is 17.2. The van der Waals surface area contributed by atoms with E-state index < -0.39 is 39.0 Å². The zero-order valence-electron chi connectivity index (χ0n) is 12.6. The van der Waals surface area contributed by atoms with Gasteiger partial charge in [-0.25, -0.2) is 17.2 Å². The number of sulfone groups is 1. The van der Waals surface area contributed by atoms with E-state index in [4.69, 9.17) is 4.74 Å². The third-order valence-electron chi connectivity index (χ3n) is 3.70. The molecule has 0 spiro atoms. The molecule has 1 heterocycles. The summed E-state index contributed by atoms with van der Waals surface area (Å²) in [6, 6.07) is 1.20. The Morgan fingerprint density at radius 2 is 2.04 bits per heavy atom. The normalized spacial score (nSPS) is 19.3. The molecule has 5 nitrogen and oxygen atoms in total. The quantitative estimate of drug-likeness (QED) is 0.763. The molecule has 1 fully saturated rings. The van der Waals surface area contributed by atoms with Crippen molar-refractivity contribution in [2.45, 2.75) is 12.5 Å². The van der Waals surface area contributed by atoms with E-state index in [1.807, 2.05) is 0 Å². The van der Waals surface area contributed by atoms with Gasteiger partial charge in [-0.2, -0.15) is 0 Å². The van der Waals surface area contributed by atoms with E-state index in [0.717, 1.165) is 17.0 Å². The highest BCUT2D eigenvalue weighted by molar-refractivity contribution is 7.91. The fraction of sp³-hybridized carbons (Fsp3) is 0.400. The summed E-state index contributed by atoms with van der Waals surface area (Å²) in [6.07, 6.45) is 1.63. The molecule has 0 saturated carbocycles. The van der Waals surface area contributed by atoms with Crippen molar-refractivity contribution in [3.63, 3.8) is 0 Å². The first-order valence-corrected chi connectivity index (χ1v) is 8.76. The summed E-state index contributed by atoms with van der Waals surface area (Å²) in [6.45, 7) is 3.51. The smallest absolute Gasteiger partial charge is 0.260 e. The minimum atomic E-state index is -3.24. The van der Waals surface area contributed by atoms with Crippen molar-refractivity contribution in [2.75, 3.05) is 25.2 Å². The highest BCUT2D eigenvalue weighted by Crippen LogP contribution is 2.25. The van der Waals surface area contributed by atoms with E-state index >= 15 is 0 Å². The van der Waals surface area contributed by atoms with Crippen molar-refractivity contribution in [1.82, 2.24) is 4.90 Å². The summed E-state index contributed by atoms with van der Waals surface area (Å²) in [7, 11) is -1.99. The largest absolute Gasteiger partial charge is 0.497 e. The average Bonchev–Trinajstić information content (AvgIpc) is 2.83. The molecule has 1 aromatic carbocycles. The van der Waals surface area contributed by atoms with Crippen LogP contribution in [0.2, 0.25) is 0 Å². The maximum atomic E-state index is 14.1. The van der Waals surface area contributed by atoms with Gasteiger partial charge < -0.3 is 9.64 Å². The molecule has 0 aliphatic carbocycles. The van der Waals surface area contributed by atoms with Crippen molar-refractivity contribution < 1.29 is 26.7 Å². The maximum Gasteiger partial charge on any atom is 0.260 e. The van der Waals surface area contributed by atoms with E-state index in [1.54, 1.807) is 0 Å². The topological polar surface area (TPSA) is 63.7 Å². The molecule has 23 heavy (non-hydrogen) atoms. The number of carbonyl (C=O) groups is 1. The van der Waals surface area contributed by atoms with Gasteiger partial charge >= 0.3 is 0 Å². The molecule has 1 aromatic rings. The van der Waals surface area contributed by atoms with Crippen LogP contribution in [0.3, 0.4) is 0 Å². The van der Waals surface area contributed by atoms with Gasteiger partial charge in [0.1, 0.15) is 22.9 Å². The molecule has 1 aliphatic rings. The molecule has 0 N–H and O–H groups in total. The van der Waals surface area contributed by atoms with Gasteiger partial charge in [0.05, 0.1) is 18.6 Å². The second kappa shape index (κ2) is 6.66. The SMILES string of the molecule is C=CCN(C(=O)c1c(F)cc(OC)cc1F)C1CCS(=O)(=O)C1. The van der Waals surface area contributed by atoms with Crippen molar-refractivity contribution in [3.8, 4) is 5.75 Å². The van der Waals surface area contributed by atoms with Crippen molar-refractivity contribution >= 4 is 15.7 Å². The van der Waals surface area contributed by atoms with Crippen LogP contribution in [0.5, 0.6) is 5.75 Å². The van der Waals surface area contributed by atoms with E-state index in [2.05, 4.69) is 6.58 Å². The van der Waals surface area contributed by atoms with E-state index in [9.17, 15) is 22.0 Å². The fourth-order valence-corrected chi connectivity index (χ4v) is 4.30. The standard InChI is InChI=1S/C15H17F2NO4S/c1-3-5-18(10-4-6-23(20,21)9-10)15(19)14-12(16)7-11(22-2)8-13(14)17/h3,7-8,10H,1,4-6,9H2,2H3. The highest BCUT2D eigenvalue weighted by Gasteiger charge is 2.36. The van der Waals surface area contributed by atoms with Crippen LogP contribution < -0.4 is 4.74 Å². The molecule has 1 saturated heterocycles. The molecule has 2 rings (SSSR count). The van der Waals surface area contributed by atoms with Gasteiger partial charge in [-0.3, -0.25) is 4.79 Å². The van der Waals surface area contributed by atoms with E-state index in [1.165, 1.54) is 13.2 Å². The third kappa shape index (κ3) is 3.69. The Morgan fingerprint density at radius 3 is 2.48 bits per heavy atom. The number of benzene rings is 1. The highest BCUT2D eigenvalue weighted by atomic mass is 32.2. The molecular weight excluding hydrogens is 328 g/mol. The van der Waals surface area contributed by atoms with E-state index in [0.29, 0.717) is 0 Å². The van der Waals surface area contributed by atoms with Gasteiger partial charge in [0.15, 0.2) is 9.84 Å². The molecule has 1 aliphatic heterocycles. The van der Waals surface area contributed by atoms with Crippen LogP contribution in [-0.4, -0.2) is 50.4 Å². The van der Waals surface area contributed by atoms with Crippen LogP contribution >= 0.6 is 0 Å². The minimum Gasteiger partial charge on any atom is -0.497 e. The lowest BCUT2D eigenvalue weighted by Crippen LogP contribution is -2.42. The first-order chi connectivity index (χ1) is 10.8. The fourth-order valence-electron chi connectivity index (χ4n) is 2.57. The molecule has 126 valence electrons. The Bertz CT molecular complexity index is 710. The Balaban J connectivity index is 2.37. The molecule has 0 radical (unpaired) electrons. The Hall–Kier alpha value is -1.96. The van der Waals surface area contributed by atoms with Crippen molar-refractivity contribution in [1.29, 1.82) is 0 Å². The lowest BCUT2D eigenvalue weighted by atomic mass is 10.1. The summed E-state index contributed by atoms with van der Waals surface area (Å²) in [5, 5.41) is 0. The Kier molecular flexibility index (Phi) is 5.03. The summed E-state index contributed by atoms with van der Waals surface area (Å²) < 4.78 is 56.1. The van der Waals surface area contributed by atoms with Gasteiger partial charge in [-0.05, 0) is 6.42 Å². The number of halogens is 2. The van der Waals surface area contributed by atoms with Crippen LogP contribution in [0.25, 0.3) is 0 Å². The number of rotatable bonds is 5. The first-order valence-electron chi connectivity index (χ1n) is 6.94. The molecule has 1 unspecified atom stereocenters. The summed E-state index contributed by atoms with van der Waals surface area (Å²) in [5.74, 6) is -3.32. The van der Waals surface area contributed by atoms with Gasteiger partial charge in [0.25, 0.3) is 5.91 Å². The number of ether oxygens (including phenoxy) is 1. The first kappa shape index (κ1) is 17.4. The molecule has 0 bridgehead atoms. The van der Waals surface area contributed by atoms with Crippen LogP contribution in [0, 0.1) is 11.6 Å². The summed E-state index contributed by atoms with van der Waals surface area (Å²) in [5.41, 5.74) is -0.725. The molecule has 8 heteroatoms. The molecule has 1 amide bonds. The number of methoxy groups -OCH3 is 1. The van der Waals surface area contributed by atoms with Crippen LogP contribution in [0.4, 0.5) is 8.78 Å². The Morgan fingerprint density at radius 1 is 1.43 bits per heavy atom. The molecule has 0 aromatic heterocycles. The number of amides is 1. The minimum absolute atomic E-state index is 0.00390. The average molecular weight is 345 g/mol. The molecular formula is C15H17F2NO4S. The third-order valence-corrected chi connectivity index (χ3v) is 5.45. The predicted molar refractivity (Wildman–Crippen MR) is 81.2 cm³/mol. The second-order valence-corrected chi connectivity index (χ2v) is 7.50. The lowest BCUT2D eigenvalue weighted by Gasteiger charge is -2.27. The molecule has 1 atom stereocenters. The lowest BCUT2D eigenvalue weighted by molar-refractivity contribution is 0.0710. The van der Waals surface area contributed by atoms with Gasteiger partial charge in [-0.15, -0.1) is 6.58 Å². The number of carbonyl (C=O) groups excluding carboxylic acids is 1. The van der Waals surface area contributed by atoms with E-state index in [-0.39, 0.29) is 30.2 Å². The van der Waals surface area contributed by atoms with Gasteiger partial charge in [-0.1, -0.05) is 6.08 Å². The number of nitrogens with zero attached hydrogens (tertiary/aromatic N) is 1. The summed E-state index contributed by atoms with van der Waals surface area (Å²) in [4.78, 5) is 13.7. The van der Waals surface area contributed by atoms with Crippen LogP contribution in [-0.2, 0) is 9.84 Å². The van der Waals surface area contributed by atoms with Crippen molar-refractivity contribution in [3.05, 3.63) is 42.0 Å². The van der Waals surface area contributed by atoms with Gasteiger partial charge in [0, 0.05) is 24.7 Å². The maximum absolute atomic E-state index is 14.1. The van der Waals surface area contributed by atoms with Gasteiger partial charge in [0.2, 0.25) is 0 Å². The summed E-state index contributed by atoms with van der Waals surface area (Å²) >= 11 is 0. The number of hydrogen-bond acceptors (Lipinski definition) is 4. The Labute approximate surface area is 133 Å². The van der Waals surface area contributed by atoms with Crippen molar-refractivity contribution in [2.24, 2.45) is 0 Å².